The molecule has 2 fully saturated rings. The number of carboxylic acid groups (broad SMARTS) is 1. The van der Waals surface area contributed by atoms with Gasteiger partial charge in [-0.25, -0.2) is 4.79 Å². The Hall–Kier alpha value is -3.55. The van der Waals surface area contributed by atoms with Crippen LogP contribution in [0.1, 0.15) is 10.4 Å². The van der Waals surface area contributed by atoms with Crippen molar-refractivity contribution in [3.05, 3.63) is 90.5 Å². The molecule has 0 amide bonds. The molecule has 2 saturated heterocycles. The Morgan fingerprint density at radius 3 is 1.35 bits per heavy atom. The number of nitrogens with zero attached hydrogens (tertiary/aromatic N) is 2. The molecular formula is C27H34N4O3. The number of carbonyl (C=O) groups is 1. The fourth-order valence-electron chi connectivity index (χ4n) is 3.73. The smallest absolute Gasteiger partial charge is 0.335 e. The van der Waals surface area contributed by atoms with Gasteiger partial charge < -0.3 is 30.6 Å². The highest BCUT2D eigenvalue weighted by molar-refractivity contribution is 5.87. The Kier molecular flexibility index (Phi) is 10.2. The van der Waals surface area contributed by atoms with Crippen molar-refractivity contribution in [1.29, 1.82) is 0 Å². The maximum Gasteiger partial charge on any atom is 0.335 e. The average Bonchev–Trinajstić information content (AvgIpc) is 2.92. The van der Waals surface area contributed by atoms with Gasteiger partial charge in [0.25, 0.3) is 0 Å². The van der Waals surface area contributed by atoms with Crippen LogP contribution in [0.4, 0.5) is 11.4 Å². The summed E-state index contributed by atoms with van der Waals surface area (Å²) in [5.41, 5.74) is 2.87. The second-order valence-corrected chi connectivity index (χ2v) is 8.00. The highest BCUT2D eigenvalue weighted by atomic mass is 16.4. The monoisotopic (exact) mass is 462 g/mol. The van der Waals surface area contributed by atoms with E-state index in [0.29, 0.717) is 0 Å². The first kappa shape index (κ1) is 25.1. The zero-order valence-corrected chi connectivity index (χ0v) is 19.4. The van der Waals surface area contributed by atoms with Gasteiger partial charge in [0.1, 0.15) is 5.75 Å². The van der Waals surface area contributed by atoms with Crippen molar-refractivity contribution in [1.82, 2.24) is 10.6 Å². The number of phenols is 1. The molecule has 0 aromatic heterocycles. The Bertz CT molecular complexity index is 903. The number of aromatic hydroxyl groups is 1. The fraction of sp³-hybridized carbons (Fsp3) is 0.296. The first-order valence-electron chi connectivity index (χ1n) is 11.7. The van der Waals surface area contributed by atoms with Gasteiger partial charge >= 0.3 is 5.97 Å². The van der Waals surface area contributed by atoms with Gasteiger partial charge in [-0.15, -0.1) is 0 Å². The lowest BCUT2D eigenvalue weighted by atomic mass is 10.2. The molecule has 0 atom stereocenters. The fourth-order valence-corrected chi connectivity index (χ4v) is 3.73. The van der Waals surface area contributed by atoms with Gasteiger partial charge in [0.05, 0.1) is 5.56 Å². The van der Waals surface area contributed by atoms with Gasteiger partial charge in [0, 0.05) is 63.7 Å². The van der Waals surface area contributed by atoms with Crippen LogP contribution in [-0.2, 0) is 0 Å². The number of hydrogen-bond donors (Lipinski definition) is 4. The van der Waals surface area contributed by atoms with E-state index in [2.05, 4.69) is 81.1 Å². The molecular weight excluding hydrogens is 428 g/mol. The van der Waals surface area contributed by atoms with Crippen molar-refractivity contribution in [3.63, 3.8) is 0 Å². The Morgan fingerprint density at radius 1 is 0.618 bits per heavy atom. The summed E-state index contributed by atoms with van der Waals surface area (Å²) in [6, 6.07) is 26.6. The summed E-state index contributed by atoms with van der Waals surface area (Å²) in [6.45, 7) is 8.94. The normalized spacial score (nSPS) is 15.3. The molecule has 0 spiro atoms. The van der Waals surface area contributed by atoms with Crippen molar-refractivity contribution in [2.45, 2.75) is 0 Å². The van der Waals surface area contributed by atoms with Gasteiger partial charge in [0.15, 0.2) is 0 Å². The lowest BCUT2D eigenvalue weighted by Gasteiger charge is -2.29. The zero-order valence-electron chi connectivity index (χ0n) is 19.4. The van der Waals surface area contributed by atoms with E-state index < -0.39 is 5.97 Å². The summed E-state index contributed by atoms with van der Waals surface area (Å²) in [5, 5.41) is 23.8. The van der Waals surface area contributed by atoms with Crippen LogP contribution in [0.15, 0.2) is 84.9 Å². The minimum Gasteiger partial charge on any atom is -0.508 e. The first-order chi connectivity index (χ1) is 16.6. The van der Waals surface area contributed by atoms with E-state index in [1.807, 2.05) is 0 Å². The third kappa shape index (κ3) is 8.42. The molecule has 7 nitrogen and oxygen atoms in total. The van der Waals surface area contributed by atoms with Crippen LogP contribution in [0.25, 0.3) is 0 Å². The topological polar surface area (TPSA) is 88.1 Å². The van der Waals surface area contributed by atoms with Crippen molar-refractivity contribution in [3.8, 4) is 5.75 Å². The summed E-state index contributed by atoms with van der Waals surface area (Å²) in [5.74, 6) is -0.912. The SMILES string of the molecule is O=C(O)c1ccc(O)cc1.c1ccc(N2CCNCC2)cc1.c1ccc(N2CCNCC2)cc1. The quantitative estimate of drug-likeness (QED) is 0.475. The minimum atomic E-state index is -0.986. The van der Waals surface area contributed by atoms with Crippen LogP contribution in [0, 0.1) is 0 Å². The Balaban J connectivity index is 0.000000144. The van der Waals surface area contributed by atoms with Crippen LogP contribution in [0.2, 0.25) is 0 Å². The summed E-state index contributed by atoms with van der Waals surface area (Å²) in [6.07, 6.45) is 0. The molecule has 180 valence electrons. The molecule has 5 rings (SSSR count). The maximum absolute atomic E-state index is 10.2. The molecule has 3 aromatic carbocycles. The predicted octanol–water partition coefficient (Wildman–Crippen LogP) is 3.28. The minimum absolute atomic E-state index is 0.0741. The number of piperazine rings is 2. The maximum atomic E-state index is 10.2. The van der Waals surface area contributed by atoms with Gasteiger partial charge in [0.2, 0.25) is 0 Å². The molecule has 3 aromatic rings. The van der Waals surface area contributed by atoms with E-state index in [0.717, 1.165) is 52.4 Å². The zero-order chi connectivity index (χ0) is 24.0. The molecule has 0 unspecified atom stereocenters. The Labute approximate surface area is 201 Å². The molecule has 0 radical (unpaired) electrons. The van der Waals surface area contributed by atoms with Gasteiger partial charge in [-0.1, -0.05) is 36.4 Å². The van der Waals surface area contributed by atoms with Gasteiger partial charge in [-0.3, -0.25) is 0 Å². The van der Waals surface area contributed by atoms with E-state index in [1.54, 1.807) is 0 Å². The number of nitrogens with one attached hydrogen (secondary N) is 2. The molecule has 4 N–H and O–H groups in total. The largest absolute Gasteiger partial charge is 0.508 e. The van der Waals surface area contributed by atoms with Crippen LogP contribution in [0.5, 0.6) is 5.75 Å². The number of rotatable bonds is 3. The summed E-state index contributed by atoms with van der Waals surface area (Å²) >= 11 is 0. The van der Waals surface area contributed by atoms with Gasteiger partial charge in [-0.05, 0) is 48.5 Å². The van der Waals surface area contributed by atoms with Crippen molar-refractivity contribution >= 4 is 17.3 Å². The number of phenolic OH excluding ortho intramolecular Hbond substituents is 1. The third-order valence-electron chi connectivity index (χ3n) is 5.59. The molecule has 2 aliphatic heterocycles. The van der Waals surface area contributed by atoms with Crippen molar-refractivity contribution in [2.75, 3.05) is 62.2 Å². The van der Waals surface area contributed by atoms with Crippen LogP contribution in [0.3, 0.4) is 0 Å². The molecule has 0 aliphatic carbocycles. The summed E-state index contributed by atoms with van der Waals surface area (Å²) < 4.78 is 0. The lowest BCUT2D eigenvalue weighted by Crippen LogP contribution is -2.43. The second kappa shape index (κ2) is 13.9. The summed E-state index contributed by atoms with van der Waals surface area (Å²) in [7, 11) is 0. The van der Waals surface area contributed by atoms with Crippen molar-refractivity contribution in [2.24, 2.45) is 0 Å². The van der Waals surface area contributed by atoms with Crippen molar-refractivity contribution < 1.29 is 15.0 Å². The first-order valence-corrected chi connectivity index (χ1v) is 11.7. The number of para-hydroxylation sites is 2. The second-order valence-electron chi connectivity index (χ2n) is 8.00. The Morgan fingerprint density at radius 2 is 1.00 bits per heavy atom. The molecule has 0 saturated carbocycles. The van der Waals surface area contributed by atoms with E-state index in [9.17, 15) is 4.79 Å². The highest BCUT2D eigenvalue weighted by Crippen LogP contribution is 2.13. The van der Waals surface area contributed by atoms with E-state index in [4.69, 9.17) is 10.2 Å². The highest BCUT2D eigenvalue weighted by Gasteiger charge is 2.09. The standard InChI is InChI=1S/2C10H14N2.C7H6O3/c2*1-2-4-10(5-3-1)12-8-6-11-7-9-12;8-6-3-1-5(2-4-6)7(9)10/h2*1-5,11H,6-9H2;1-4,8H,(H,9,10). The van der Waals surface area contributed by atoms with E-state index >= 15 is 0 Å². The number of anilines is 2. The summed E-state index contributed by atoms with van der Waals surface area (Å²) in [4.78, 5) is 15.1. The van der Waals surface area contributed by atoms with Gasteiger partial charge in [-0.2, -0.15) is 0 Å². The van der Waals surface area contributed by atoms with Crippen LogP contribution < -0.4 is 20.4 Å². The third-order valence-corrected chi connectivity index (χ3v) is 5.59. The van der Waals surface area contributed by atoms with Crippen LogP contribution >= 0.6 is 0 Å². The molecule has 2 heterocycles. The van der Waals surface area contributed by atoms with E-state index in [-0.39, 0.29) is 11.3 Å². The lowest BCUT2D eigenvalue weighted by molar-refractivity contribution is 0.0697. The number of hydrogen-bond acceptors (Lipinski definition) is 6. The molecule has 7 heteroatoms. The number of aromatic carboxylic acids is 1. The van der Waals surface area contributed by atoms with E-state index in [1.165, 1.54) is 35.6 Å². The molecule has 0 bridgehead atoms. The predicted molar refractivity (Wildman–Crippen MR) is 138 cm³/mol. The number of benzene rings is 3. The molecule has 2 aliphatic rings. The number of carboxylic acids is 1. The average molecular weight is 463 g/mol. The molecule has 34 heavy (non-hydrogen) atoms. The van der Waals surface area contributed by atoms with Crippen LogP contribution in [-0.4, -0.2) is 68.5 Å².